The van der Waals surface area contributed by atoms with Crippen molar-refractivity contribution in [2.45, 2.75) is 57.7 Å². The van der Waals surface area contributed by atoms with Gasteiger partial charge in [0, 0.05) is 19.2 Å². The van der Waals surface area contributed by atoms with Gasteiger partial charge in [-0.3, -0.25) is 4.79 Å². The third-order valence-corrected chi connectivity index (χ3v) is 5.51. The molecule has 0 radical (unpaired) electrons. The summed E-state index contributed by atoms with van der Waals surface area (Å²) < 4.78 is 11.3. The number of benzene rings is 1. The molecule has 5 heteroatoms. The second kappa shape index (κ2) is 8.09. The van der Waals surface area contributed by atoms with E-state index >= 15 is 0 Å². The molecule has 1 heterocycles. The molecule has 2 fully saturated rings. The minimum atomic E-state index is -0.120. The van der Waals surface area contributed by atoms with E-state index in [-0.39, 0.29) is 17.8 Å². The summed E-state index contributed by atoms with van der Waals surface area (Å²) in [5, 5.41) is 10.1. The van der Waals surface area contributed by atoms with Crippen LogP contribution in [0.1, 0.15) is 55.8 Å². The second-order valence-corrected chi connectivity index (χ2v) is 7.39. The molecule has 1 saturated carbocycles. The van der Waals surface area contributed by atoms with Crippen LogP contribution in [0.25, 0.3) is 0 Å². The number of methoxy groups -OCH3 is 1. The summed E-state index contributed by atoms with van der Waals surface area (Å²) in [6, 6.07) is 4.81. The number of nitrogens with zero attached hydrogens (tertiary/aromatic N) is 1. The number of likely N-dealkylation sites (tertiary alicyclic amines) is 1. The molecule has 1 amide bonds. The number of hydrogen-bond acceptors (Lipinski definition) is 4. The van der Waals surface area contributed by atoms with Gasteiger partial charge in [0.25, 0.3) is 5.91 Å². The van der Waals surface area contributed by atoms with E-state index in [0.29, 0.717) is 30.5 Å². The Kier molecular flexibility index (Phi) is 5.84. The number of phenols is 1. The summed E-state index contributed by atoms with van der Waals surface area (Å²) in [6.07, 6.45) is 7.25. The van der Waals surface area contributed by atoms with E-state index < -0.39 is 0 Å². The average Bonchev–Trinajstić information content (AvgIpc) is 2.63. The van der Waals surface area contributed by atoms with Gasteiger partial charge in [-0.2, -0.15) is 0 Å². The molecule has 0 aromatic heterocycles. The van der Waals surface area contributed by atoms with Crippen molar-refractivity contribution in [2.24, 2.45) is 5.92 Å². The van der Waals surface area contributed by atoms with Crippen molar-refractivity contribution in [2.75, 3.05) is 20.2 Å². The number of phenolic OH excluding ortho intramolecular Hbond substituents is 1. The molecule has 1 aromatic rings. The van der Waals surface area contributed by atoms with Crippen molar-refractivity contribution < 1.29 is 19.4 Å². The SMILES string of the molecule is COc1ccc(C(=O)N2CCC(OC3CCC(C)CC3)CC2)c(O)c1. The predicted molar refractivity (Wildman–Crippen MR) is 96.1 cm³/mol. The van der Waals surface area contributed by atoms with Crippen LogP contribution in [0.5, 0.6) is 11.5 Å². The topological polar surface area (TPSA) is 59.0 Å². The fourth-order valence-corrected chi connectivity index (χ4v) is 3.82. The number of aromatic hydroxyl groups is 1. The molecule has 25 heavy (non-hydrogen) atoms. The summed E-state index contributed by atoms with van der Waals surface area (Å²) in [5.41, 5.74) is 0.335. The first-order valence-corrected chi connectivity index (χ1v) is 9.38. The fourth-order valence-electron chi connectivity index (χ4n) is 3.82. The molecule has 1 saturated heterocycles. The molecule has 138 valence electrons. The Morgan fingerprint density at radius 1 is 1.08 bits per heavy atom. The van der Waals surface area contributed by atoms with Crippen LogP contribution in [0.4, 0.5) is 0 Å². The summed E-state index contributed by atoms with van der Waals surface area (Å²) in [5.74, 6) is 1.23. The zero-order valence-electron chi connectivity index (χ0n) is 15.2. The minimum absolute atomic E-state index is 0.0287. The third-order valence-electron chi connectivity index (χ3n) is 5.51. The van der Waals surface area contributed by atoms with Crippen LogP contribution in [0.3, 0.4) is 0 Å². The lowest BCUT2D eigenvalue weighted by Crippen LogP contribution is -2.42. The van der Waals surface area contributed by atoms with Crippen LogP contribution in [0, 0.1) is 5.92 Å². The molecule has 1 aliphatic heterocycles. The highest BCUT2D eigenvalue weighted by Crippen LogP contribution is 2.29. The highest BCUT2D eigenvalue weighted by atomic mass is 16.5. The van der Waals surface area contributed by atoms with Crippen LogP contribution in [-0.2, 0) is 4.74 Å². The zero-order valence-corrected chi connectivity index (χ0v) is 15.2. The molecular weight excluding hydrogens is 318 g/mol. The van der Waals surface area contributed by atoms with Gasteiger partial charge in [0.05, 0.1) is 24.9 Å². The number of amides is 1. The van der Waals surface area contributed by atoms with Crippen LogP contribution in [0.15, 0.2) is 18.2 Å². The number of piperidine rings is 1. The van der Waals surface area contributed by atoms with Crippen molar-refractivity contribution in [3.63, 3.8) is 0 Å². The van der Waals surface area contributed by atoms with Crippen molar-refractivity contribution in [1.82, 2.24) is 4.90 Å². The van der Waals surface area contributed by atoms with E-state index in [9.17, 15) is 9.90 Å². The van der Waals surface area contributed by atoms with Crippen molar-refractivity contribution >= 4 is 5.91 Å². The average molecular weight is 347 g/mol. The molecule has 1 aliphatic carbocycles. The Hall–Kier alpha value is -1.75. The maximum absolute atomic E-state index is 12.6. The summed E-state index contributed by atoms with van der Waals surface area (Å²) in [6.45, 7) is 3.67. The van der Waals surface area contributed by atoms with Crippen LogP contribution < -0.4 is 4.74 Å². The van der Waals surface area contributed by atoms with Gasteiger partial charge in [-0.05, 0) is 56.6 Å². The Morgan fingerprint density at radius 3 is 2.32 bits per heavy atom. The van der Waals surface area contributed by atoms with Gasteiger partial charge in [-0.1, -0.05) is 6.92 Å². The molecule has 0 bridgehead atoms. The van der Waals surface area contributed by atoms with E-state index in [2.05, 4.69) is 6.92 Å². The lowest BCUT2D eigenvalue weighted by molar-refractivity contribution is -0.0570. The zero-order chi connectivity index (χ0) is 17.8. The van der Waals surface area contributed by atoms with E-state index in [4.69, 9.17) is 9.47 Å². The van der Waals surface area contributed by atoms with Crippen molar-refractivity contribution in [3.05, 3.63) is 23.8 Å². The summed E-state index contributed by atoms with van der Waals surface area (Å²) in [4.78, 5) is 14.4. The Morgan fingerprint density at radius 2 is 1.72 bits per heavy atom. The third kappa shape index (κ3) is 4.46. The molecule has 3 rings (SSSR count). The highest BCUT2D eigenvalue weighted by molar-refractivity contribution is 5.97. The lowest BCUT2D eigenvalue weighted by Gasteiger charge is -2.35. The van der Waals surface area contributed by atoms with Gasteiger partial charge in [0.2, 0.25) is 0 Å². The smallest absolute Gasteiger partial charge is 0.257 e. The number of carbonyl (C=O) groups is 1. The standard InChI is InChI=1S/C20H29NO4/c1-14-3-5-15(6-4-14)25-16-9-11-21(12-10-16)20(23)18-8-7-17(24-2)13-19(18)22/h7-8,13-16,22H,3-6,9-12H2,1-2H3. The lowest BCUT2D eigenvalue weighted by atomic mass is 9.88. The van der Waals surface area contributed by atoms with E-state index in [0.717, 1.165) is 18.8 Å². The van der Waals surface area contributed by atoms with Gasteiger partial charge in [0.15, 0.2) is 0 Å². The van der Waals surface area contributed by atoms with Crippen LogP contribution in [-0.4, -0.2) is 48.3 Å². The largest absolute Gasteiger partial charge is 0.507 e. The van der Waals surface area contributed by atoms with Gasteiger partial charge < -0.3 is 19.5 Å². The maximum atomic E-state index is 12.6. The summed E-state index contributed by atoms with van der Waals surface area (Å²) in [7, 11) is 1.54. The van der Waals surface area contributed by atoms with Crippen LogP contribution >= 0.6 is 0 Å². The van der Waals surface area contributed by atoms with Gasteiger partial charge in [-0.15, -0.1) is 0 Å². The normalized spacial score (nSPS) is 25.0. The fraction of sp³-hybridized carbons (Fsp3) is 0.650. The quantitative estimate of drug-likeness (QED) is 0.904. The number of rotatable bonds is 4. The van der Waals surface area contributed by atoms with Crippen LogP contribution in [0.2, 0.25) is 0 Å². The van der Waals surface area contributed by atoms with Crippen molar-refractivity contribution in [3.8, 4) is 11.5 Å². The molecular formula is C20H29NO4. The Balaban J connectivity index is 1.51. The predicted octanol–water partition coefficient (Wildman–Crippen LogP) is 3.60. The molecule has 5 nitrogen and oxygen atoms in total. The Bertz CT molecular complexity index is 587. The molecule has 0 unspecified atom stereocenters. The highest BCUT2D eigenvalue weighted by Gasteiger charge is 2.28. The monoisotopic (exact) mass is 347 g/mol. The Labute approximate surface area is 149 Å². The minimum Gasteiger partial charge on any atom is -0.507 e. The second-order valence-electron chi connectivity index (χ2n) is 7.39. The summed E-state index contributed by atoms with van der Waals surface area (Å²) >= 11 is 0. The maximum Gasteiger partial charge on any atom is 0.257 e. The van der Waals surface area contributed by atoms with E-state index in [1.165, 1.54) is 38.9 Å². The number of carbonyl (C=O) groups excluding carboxylic acids is 1. The van der Waals surface area contributed by atoms with E-state index in [1.54, 1.807) is 12.1 Å². The molecule has 0 atom stereocenters. The molecule has 0 spiro atoms. The van der Waals surface area contributed by atoms with Crippen molar-refractivity contribution in [1.29, 1.82) is 0 Å². The van der Waals surface area contributed by atoms with E-state index in [1.807, 2.05) is 4.90 Å². The van der Waals surface area contributed by atoms with Gasteiger partial charge >= 0.3 is 0 Å². The first-order chi connectivity index (χ1) is 12.1. The molecule has 1 N–H and O–H groups in total. The first-order valence-electron chi connectivity index (χ1n) is 9.38. The molecule has 2 aliphatic rings. The number of ether oxygens (including phenoxy) is 2. The van der Waals surface area contributed by atoms with Gasteiger partial charge in [0.1, 0.15) is 11.5 Å². The first kappa shape index (κ1) is 18.1. The number of hydrogen-bond donors (Lipinski definition) is 1. The van der Waals surface area contributed by atoms with Gasteiger partial charge in [-0.25, -0.2) is 0 Å². The molecule has 1 aromatic carbocycles.